The van der Waals surface area contributed by atoms with Gasteiger partial charge in [-0.05, 0) is 18.4 Å². The van der Waals surface area contributed by atoms with Gasteiger partial charge in [-0.3, -0.25) is 4.79 Å². The zero-order valence-corrected chi connectivity index (χ0v) is 14.0. The van der Waals surface area contributed by atoms with Crippen LogP contribution in [0.15, 0.2) is 30.3 Å². The number of nitrogens with zero attached hydrogens (tertiary/aromatic N) is 3. The summed E-state index contributed by atoms with van der Waals surface area (Å²) in [6.45, 7) is 0.200. The molecule has 0 saturated heterocycles. The molecule has 0 radical (unpaired) electrons. The minimum absolute atomic E-state index is 0.0423. The van der Waals surface area contributed by atoms with E-state index in [1.54, 1.807) is 6.07 Å². The van der Waals surface area contributed by atoms with Crippen LogP contribution < -0.4 is 5.32 Å². The molecule has 2 aromatic rings. The van der Waals surface area contributed by atoms with Crippen molar-refractivity contribution in [3.63, 3.8) is 0 Å². The van der Waals surface area contributed by atoms with E-state index in [0.717, 1.165) is 31.6 Å². The minimum atomic E-state index is -4.60. The number of benzene rings is 1. The molecule has 1 aromatic carbocycles. The number of carbonyl (C=O) groups excluding carboxylic acids is 1. The molecule has 0 saturated carbocycles. The van der Waals surface area contributed by atoms with Crippen LogP contribution in [-0.4, -0.2) is 33.5 Å². The van der Waals surface area contributed by atoms with Gasteiger partial charge < -0.3 is 14.6 Å². The average Bonchev–Trinajstić information content (AvgIpc) is 3.03. The number of carbonyl (C=O) groups is 1. The quantitative estimate of drug-likeness (QED) is 0.851. The van der Waals surface area contributed by atoms with Gasteiger partial charge in [-0.15, -0.1) is 10.2 Å². The van der Waals surface area contributed by atoms with Gasteiger partial charge in [-0.1, -0.05) is 30.3 Å². The summed E-state index contributed by atoms with van der Waals surface area (Å²) in [5.41, 5.74) is -0.0423. The number of alkyl halides is 3. The van der Waals surface area contributed by atoms with Crippen LogP contribution in [0, 0.1) is 0 Å². The first-order valence-electron chi connectivity index (χ1n) is 8.36. The Kier molecular flexibility index (Phi) is 5.55. The highest BCUT2D eigenvalue weighted by Crippen LogP contribution is 2.35. The summed E-state index contributed by atoms with van der Waals surface area (Å²) in [4.78, 5) is 11.9. The summed E-state index contributed by atoms with van der Waals surface area (Å²) in [5, 5.41) is 10.6. The maximum atomic E-state index is 13.2. The van der Waals surface area contributed by atoms with E-state index in [9.17, 15) is 18.0 Å². The monoisotopic (exact) mass is 368 g/mol. The molecule has 1 atom stereocenters. The molecule has 140 valence electrons. The van der Waals surface area contributed by atoms with Crippen molar-refractivity contribution in [3.8, 4) is 0 Å². The summed E-state index contributed by atoms with van der Waals surface area (Å²) in [5.74, 6) is 0.838. The molecule has 26 heavy (non-hydrogen) atoms. The molecule has 0 spiro atoms. The lowest BCUT2D eigenvalue weighted by atomic mass is 10.1. The molecule has 9 heteroatoms. The van der Waals surface area contributed by atoms with Crippen LogP contribution in [0.3, 0.4) is 0 Å². The van der Waals surface area contributed by atoms with Crippen molar-refractivity contribution in [2.45, 2.75) is 44.6 Å². The highest BCUT2D eigenvalue weighted by atomic mass is 19.4. The fourth-order valence-corrected chi connectivity index (χ4v) is 2.89. The first kappa shape index (κ1) is 18.4. The Balaban J connectivity index is 1.55. The molecule has 0 bridgehead atoms. The predicted molar refractivity (Wildman–Crippen MR) is 86.0 cm³/mol. The molecule has 3 rings (SSSR count). The number of amides is 1. The second-order valence-corrected chi connectivity index (χ2v) is 6.06. The molecule has 1 unspecified atom stereocenters. The molecule has 6 nitrogen and oxygen atoms in total. The van der Waals surface area contributed by atoms with Crippen molar-refractivity contribution >= 4 is 5.91 Å². The first-order chi connectivity index (χ1) is 12.4. The number of nitrogens with one attached hydrogen (secondary N) is 1. The van der Waals surface area contributed by atoms with E-state index in [-0.39, 0.29) is 12.1 Å². The zero-order chi connectivity index (χ0) is 18.6. The number of rotatable bonds is 6. The first-order valence-corrected chi connectivity index (χ1v) is 8.36. The maximum Gasteiger partial charge on any atom is 0.418 e. The van der Waals surface area contributed by atoms with Crippen LogP contribution >= 0.6 is 0 Å². The number of hydrogen-bond acceptors (Lipinski definition) is 4. The number of ether oxygens (including phenoxy) is 1. The van der Waals surface area contributed by atoms with Crippen LogP contribution in [0.1, 0.15) is 36.2 Å². The Labute approximate surface area is 148 Å². The van der Waals surface area contributed by atoms with Crippen molar-refractivity contribution in [2.24, 2.45) is 0 Å². The Hall–Kier alpha value is -2.42. The van der Waals surface area contributed by atoms with E-state index in [0.29, 0.717) is 5.82 Å². The maximum absolute atomic E-state index is 13.2. The molecule has 1 aliphatic heterocycles. The van der Waals surface area contributed by atoms with E-state index >= 15 is 0 Å². The van der Waals surface area contributed by atoms with Gasteiger partial charge in [0.25, 0.3) is 0 Å². The Morgan fingerprint density at radius 2 is 2.00 bits per heavy atom. The normalized spacial score (nSPS) is 15.3. The summed E-state index contributed by atoms with van der Waals surface area (Å²) < 4.78 is 46.3. The topological polar surface area (TPSA) is 69.0 Å². The highest BCUT2D eigenvalue weighted by molar-refractivity contribution is 5.77. The van der Waals surface area contributed by atoms with Crippen LogP contribution in [0.25, 0.3) is 0 Å². The lowest BCUT2D eigenvalue weighted by molar-refractivity contribution is -0.223. The third-order valence-electron chi connectivity index (χ3n) is 4.16. The highest BCUT2D eigenvalue weighted by Gasteiger charge is 2.42. The van der Waals surface area contributed by atoms with Crippen LogP contribution in [0.4, 0.5) is 13.2 Å². The van der Waals surface area contributed by atoms with Gasteiger partial charge in [0.1, 0.15) is 12.4 Å². The fourth-order valence-electron chi connectivity index (χ4n) is 2.89. The molecule has 1 aliphatic rings. The van der Waals surface area contributed by atoms with Crippen molar-refractivity contribution in [2.75, 3.05) is 6.61 Å². The number of fused-ring (bicyclic) bond motifs is 1. The molecule has 0 aliphatic carbocycles. The third-order valence-corrected chi connectivity index (χ3v) is 4.16. The van der Waals surface area contributed by atoms with Gasteiger partial charge in [0, 0.05) is 13.0 Å². The third kappa shape index (κ3) is 4.40. The average molecular weight is 368 g/mol. The lowest BCUT2D eigenvalue weighted by Crippen LogP contribution is -2.32. The second kappa shape index (κ2) is 7.86. The zero-order valence-electron chi connectivity index (χ0n) is 14.0. The molecule has 1 amide bonds. The summed E-state index contributed by atoms with van der Waals surface area (Å²) in [6, 6.07) is 7.23. The van der Waals surface area contributed by atoms with Crippen LogP contribution in [0.5, 0.6) is 0 Å². The second-order valence-electron chi connectivity index (χ2n) is 6.06. The number of hydrogen-bond donors (Lipinski definition) is 1. The lowest BCUT2D eigenvalue weighted by Gasteiger charge is -2.21. The minimum Gasteiger partial charge on any atom is -0.354 e. The van der Waals surface area contributed by atoms with Gasteiger partial charge in [0.2, 0.25) is 5.91 Å². The summed E-state index contributed by atoms with van der Waals surface area (Å²) in [7, 11) is 0. The molecule has 2 heterocycles. The van der Waals surface area contributed by atoms with Crippen LogP contribution in [-0.2, 0) is 29.0 Å². The number of halogens is 3. The van der Waals surface area contributed by atoms with Crippen molar-refractivity contribution in [3.05, 3.63) is 47.5 Å². The summed E-state index contributed by atoms with van der Waals surface area (Å²) >= 11 is 0. The van der Waals surface area contributed by atoms with Crippen molar-refractivity contribution < 1.29 is 22.7 Å². The molecular weight excluding hydrogens is 349 g/mol. The Bertz CT molecular complexity index is 746. The van der Waals surface area contributed by atoms with Gasteiger partial charge >= 0.3 is 6.18 Å². The van der Waals surface area contributed by atoms with Crippen molar-refractivity contribution in [1.29, 1.82) is 0 Å². The van der Waals surface area contributed by atoms with Gasteiger partial charge in [0.15, 0.2) is 11.9 Å². The van der Waals surface area contributed by atoms with Crippen LogP contribution in [0.2, 0.25) is 0 Å². The largest absolute Gasteiger partial charge is 0.418 e. The van der Waals surface area contributed by atoms with E-state index in [1.807, 2.05) is 4.57 Å². The number of aromatic nitrogens is 3. The van der Waals surface area contributed by atoms with Gasteiger partial charge in [-0.2, -0.15) is 13.2 Å². The van der Waals surface area contributed by atoms with E-state index in [4.69, 9.17) is 4.74 Å². The standard InChI is InChI=1S/C17H19F3N4O2/c18-17(19,20)16(12-6-2-1-3-7-12)26-11-15(25)21-10-14-23-22-13-8-4-5-9-24(13)14/h1-3,6-7,16H,4-5,8-11H2,(H,21,25). The molecule has 1 aromatic heterocycles. The predicted octanol–water partition coefficient (Wildman–Crippen LogP) is 2.55. The Morgan fingerprint density at radius 1 is 1.23 bits per heavy atom. The van der Waals surface area contributed by atoms with Gasteiger partial charge in [-0.25, -0.2) is 0 Å². The smallest absolute Gasteiger partial charge is 0.354 e. The SMILES string of the molecule is O=C(COC(c1ccccc1)C(F)(F)F)NCc1nnc2n1CCCC2. The molecular formula is C17H19F3N4O2. The molecule has 0 fully saturated rings. The van der Waals surface area contributed by atoms with E-state index in [1.165, 1.54) is 24.3 Å². The van der Waals surface area contributed by atoms with Gasteiger partial charge in [0.05, 0.1) is 6.54 Å². The fraction of sp³-hybridized carbons (Fsp3) is 0.471. The van der Waals surface area contributed by atoms with Crippen molar-refractivity contribution in [1.82, 2.24) is 20.1 Å². The number of aryl methyl sites for hydroxylation is 1. The summed E-state index contributed by atoms with van der Waals surface area (Å²) in [6.07, 6.45) is -3.84. The van der Waals surface area contributed by atoms with E-state index in [2.05, 4.69) is 15.5 Å². The van der Waals surface area contributed by atoms with E-state index < -0.39 is 24.8 Å². The molecule has 1 N–H and O–H groups in total. The Morgan fingerprint density at radius 3 is 2.73 bits per heavy atom.